The number of hydrogen-bond donors (Lipinski definition) is 4. The Morgan fingerprint density at radius 1 is 1.47 bits per heavy atom. The Labute approximate surface area is 113 Å². The quantitative estimate of drug-likeness (QED) is 0.674. The van der Waals surface area contributed by atoms with Gasteiger partial charge < -0.3 is 20.8 Å². The number of aliphatic carboxylic acids is 1. The maximum atomic E-state index is 12.9. The molecule has 1 unspecified atom stereocenters. The molecule has 0 heterocycles. The minimum absolute atomic E-state index is 0.0362. The van der Waals surface area contributed by atoms with E-state index in [1.165, 1.54) is 6.07 Å². The second-order valence-electron chi connectivity index (χ2n) is 4.01. The zero-order chi connectivity index (χ0) is 14.6. The minimum atomic E-state index is -2.09. The summed E-state index contributed by atoms with van der Waals surface area (Å²) in [4.78, 5) is 22.0. The first-order valence-electron chi connectivity index (χ1n) is 5.18. The lowest BCUT2D eigenvalue weighted by Crippen LogP contribution is -2.47. The first kappa shape index (κ1) is 15.2. The summed E-state index contributed by atoms with van der Waals surface area (Å²) >= 11 is 5.73. The molecule has 0 bridgehead atoms. The number of carbonyl (C=O) groups is 2. The van der Waals surface area contributed by atoms with Crippen LogP contribution >= 0.6 is 11.6 Å². The van der Waals surface area contributed by atoms with Crippen molar-refractivity contribution in [3.05, 3.63) is 29.0 Å². The number of halogens is 2. The molecular weight excluding hydrogens is 279 g/mol. The summed E-state index contributed by atoms with van der Waals surface area (Å²) in [6.07, 6.45) is 0. The predicted octanol–water partition coefficient (Wildman–Crippen LogP) is 1.44. The maximum absolute atomic E-state index is 12.9. The molecule has 0 aromatic heterocycles. The molecule has 0 fully saturated rings. The van der Waals surface area contributed by atoms with Crippen LogP contribution in [0, 0.1) is 5.82 Å². The number of benzene rings is 1. The lowest BCUT2D eigenvalue weighted by atomic mass is 10.1. The van der Waals surface area contributed by atoms with Gasteiger partial charge >= 0.3 is 12.0 Å². The van der Waals surface area contributed by atoms with Crippen LogP contribution in [0.15, 0.2) is 18.2 Å². The van der Waals surface area contributed by atoms with E-state index >= 15 is 0 Å². The van der Waals surface area contributed by atoms with Crippen molar-refractivity contribution < 1.29 is 24.2 Å². The van der Waals surface area contributed by atoms with Crippen molar-refractivity contribution in [2.45, 2.75) is 12.5 Å². The summed E-state index contributed by atoms with van der Waals surface area (Å²) in [6, 6.07) is 2.59. The molecule has 0 saturated heterocycles. The van der Waals surface area contributed by atoms with Gasteiger partial charge in [-0.1, -0.05) is 11.6 Å². The van der Waals surface area contributed by atoms with Crippen LogP contribution in [0.25, 0.3) is 0 Å². The monoisotopic (exact) mass is 290 g/mol. The number of rotatable bonds is 4. The van der Waals surface area contributed by atoms with E-state index in [1.54, 1.807) is 0 Å². The Balaban J connectivity index is 2.61. The highest BCUT2D eigenvalue weighted by molar-refractivity contribution is 6.33. The fourth-order valence-electron chi connectivity index (χ4n) is 1.09. The summed E-state index contributed by atoms with van der Waals surface area (Å²) in [6.45, 7) is 0.520. The molecule has 0 radical (unpaired) electrons. The molecule has 2 amide bonds. The minimum Gasteiger partial charge on any atom is -0.479 e. The van der Waals surface area contributed by atoms with Crippen LogP contribution in [0.3, 0.4) is 0 Å². The maximum Gasteiger partial charge on any atom is 0.337 e. The Hall–Kier alpha value is -1.86. The lowest BCUT2D eigenvalue weighted by Gasteiger charge is -2.18. The van der Waals surface area contributed by atoms with Crippen molar-refractivity contribution >= 4 is 29.3 Å². The first-order valence-corrected chi connectivity index (χ1v) is 5.56. The lowest BCUT2D eigenvalue weighted by molar-refractivity contribution is -0.155. The van der Waals surface area contributed by atoms with Crippen molar-refractivity contribution in [2.75, 3.05) is 11.9 Å². The van der Waals surface area contributed by atoms with Crippen LogP contribution in [-0.4, -0.2) is 34.4 Å². The Morgan fingerprint density at radius 3 is 2.68 bits per heavy atom. The number of urea groups is 1. The molecule has 1 aromatic carbocycles. The number of anilines is 1. The van der Waals surface area contributed by atoms with Crippen LogP contribution in [-0.2, 0) is 4.79 Å². The average molecular weight is 291 g/mol. The van der Waals surface area contributed by atoms with Crippen molar-refractivity contribution in [2.24, 2.45) is 0 Å². The van der Waals surface area contributed by atoms with Gasteiger partial charge in [-0.3, -0.25) is 0 Å². The normalized spacial score (nSPS) is 13.5. The number of carboxylic acid groups (broad SMARTS) is 1. The molecule has 1 atom stereocenters. The number of carboxylic acids is 1. The highest BCUT2D eigenvalue weighted by Gasteiger charge is 2.30. The van der Waals surface area contributed by atoms with E-state index < -0.39 is 30.0 Å². The molecule has 0 saturated carbocycles. The topological polar surface area (TPSA) is 98.7 Å². The number of hydrogen-bond acceptors (Lipinski definition) is 3. The number of nitrogens with one attached hydrogen (secondary N) is 2. The van der Waals surface area contributed by atoms with Crippen molar-refractivity contribution in [1.29, 1.82) is 0 Å². The molecule has 104 valence electrons. The third-order valence-electron chi connectivity index (χ3n) is 2.23. The summed E-state index contributed by atoms with van der Waals surface area (Å²) in [5.41, 5.74) is -2.06. The largest absolute Gasteiger partial charge is 0.479 e. The van der Waals surface area contributed by atoms with E-state index in [9.17, 15) is 19.1 Å². The van der Waals surface area contributed by atoms with Crippen LogP contribution in [0.4, 0.5) is 14.9 Å². The molecular formula is C11H12ClFN2O4. The predicted molar refractivity (Wildman–Crippen MR) is 66.7 cm³/mol. The van der Waals surface area contributed by atoms with Gasteiger partial charge in [0.25, 0.3) is 0 Å². The third kappa shape index (κ3) is 4.38. The van der Waals surface area contributed by atoms with E-state index in [0.717, 1.165) is 19.1 Å². The van der Waals surface area contributed by atoms with Gasteiger partial charge in [0.05, 0.1) is 17.3 Å². The van der Waals surface area contributed by atoms with Gasteiger partial charge in [-0.05, 0) is 25.1 Å². The van der Waals surface area contributed by atoms with Gasteiger partial charge in [0.1, 0.15) is 5.82 Å². The van der Waals surface area contributed by atoms with Gasteiger partial charge in [-0.15, -0.1) is 0 Å². The van der Waals surface area contributed by atoms with Gasteiger partial charge in [0.15, 0.2) is 5.60 Å². The highest BCUT2D eigenvalue weighted by Crippen LogP contribution is 2.22. The summed E-state index contributed by atoms with van der Waals surface area (Å²) in [5, 5.41) is 22.5. The second kappa shape index (κ2) is 5.85. The molecule has 8 heteroatoms. The number of carbonyl (C=O) groups excluding carboxylic acids is 1. The van der Waals surface area contributed by atoms with Gasteiger partial charge in [-0.2, -0.15) is 0 Å². The van der Waals surface area contributed by atoms with E-state index in [0.29, 0.717) is 0 Å². The molecule has 0 aliphatic heterocycles. The van der Waals surface area contributed by atoms with E-state index in [-0.39, 0.29) is 10.7 Å². The third-order valence-corrected chi connectivity index (χ3v) is 2.56. The standard InChI is InChI=1S/C11H12ClFN2O4/c1-11(19,9(16)17)5-14-10(18)15-8-4-6(13)2-3-7(8)12/h2-4,19H,5H2,1H3,(H,16,17)(H2,14,15,18). The van der Waals surface area contributed by atoms with Crippen LogP contribution in [0.1, 0.15) is 6.92 Å². The van der Waals surface area contributed by atoms with Crippen LogP contribution < -0.4 is 10.6 Å². The number of amides is 2. The summed E-state index contributed by atoms with van der Waals surface area (Å²) in [5.74, 6) is -2.06. The fraction of sp³-hybridized carbons (Fsp3) is 0.273. The van der Waals surface area contributed by atoms with Gasteiger partial charge in [-0.25, -0.2) is 14.0 Å². The molecule has 0 spiro atoms. The van der Waals surface area contributed by atoms with Crippen LogP contribution in [0.5, 0.6) is 0 Å². The molecule has 1 rings (SSSR count). The first-order chi connectivity index (χ1) is 8.72. The van der Waals surface area contributed by atoms with E-state index in [4.69, 9.17) is 16.7 Å². The summed E-state index contributed by atoms with van der Waals surface area (Å²) < 4.78 is 12.9. The van der Waals surface area contributed by atoms with E-state index in [2.05, 4.69) is 10.6 Å². The van der Waals surface area contributed by atoms with Crippen molar-refractivity contribution in [3.8, 4) is 0 Å². The van der Waals surface area contributed by atoms with Crippen LogP contribution in [0.2, 0.25) is 5.02 Å². The smallest absolute Gasteiger partial charge is 0.337 e. The fourth-order valence-corrected chi connectivity index (χ4v) is 1.25. The van der Waals surface area contributed by atoms with Crippen molar-refractivity contribution in [1.82, 2.24) is 5.32 Å². The Bertz CT molecular complexity index is 507. The van der Waals surface area contributed by atoms with E-state index in [1.807, 2.05) is 0 Å². The Morgan fingerprint density at radius 2 is 2.11 bits per heavy atom. The average Bonchev–Trinajstić information content (AvgIpc) is 2.31. The zero-order valence-electron chi connectivity index (χ0n) is 9.91. The highest BCUT2D eigenvalue weighted by atomic mass is 35.5. The molecule has 1 aromatic rings. The Kier molecular flexibility index (Phi) is 4.68. The molecule has 0 aliphatic carbocycles. The summed E-state index contributed by atoms with van der Waals surface area (Å²) in [7, 11) is 0. The SMILES string of the molecule is CC(O)(CNC(=O)Nc1cc(F)ccc1Cl)C(=O)O. The zero-order valence-corrected chi connectivity index (χ0v) is 10.7. The molecule has 0 aliphatic rings. The number of aliphatic hydroxyl groups is 1. The molecule has 4 N–H and O–H groups in total. The second-order valence-corrected chi connectivity index (χ2v) is 4.42. The van der Waals surface area contributed by atoms with Gasteiger partial charge in [0.2, 0.25) is 0 Å². The molecule has 19 heavy (non-hydrogen) atoms. The molecule has 6 nitrogen and oxygen atoms in total. The van der Waals surface area contributed by atoms with Gasteiger partial charge in [0, 0.05) is 0 Å². The van der Waals surface area contributed by atoms with Crippen molar-refractivity contribution in [3.63, 3.8) is 0 Å².